The van der Waals surface area contributed by atoms with Crippen molar-refractivity contribution >= 4 is 41.6 Å². The van der Waals surface area contributed by atoms with E-state index >= 15 is 0 Å². The van der Waals surface area contributed by atoms with E-state index in [9.17, 15) is 9.59 Å². The largest absolute Gasteiger partial charge is 0.481 e. The van der Waals surface area contributed by atoms with E-state index in [1.807, 2.05) is 4.90 Å². The smallest absolute Gasteiger partial charge is 0.306 e. The highest BCUT2D eigenvalue weighted by Gasteiger charge is 2.25. The average Bonchev–Trinajstić information content (AvgIpc) is 2.39. The zero-order chi connectivity index (χ0) is 14.5. The lowest BCUT2D eigenvalue weighted by Gasteiger charge is -2.29. The molecule has 1 aliphatic rings. The van der Waals surface area contributed by atoms with E-state index in [4.69, 9.17) is 16.7 Å². The molecule has 0 radical (unpaired) electrons. The van der Waals surface area contributed by atoms with Crippen molar-refractivity contribution in [2.24, 2.45) is 5.92 Å². The zero-order valence-corrected chi connectivity index (χ0v) is 13.0. The maximum Gasteiger partial charge on any atom is 0.306 e. The number of hydrogen-bond donors (Lipinski definition) is 2. The summed E-state index contributed by atoms with van der Waals surface area (Å²) < 4.78 is 0. The van der Waals surface area contributed by atoms with E-state index in [-0.39, 0.29) is 30.8 Å². The van der Waals surface area contributed by atoms with Gasteiger partial charge < -0.3 is 10.4 Å². The highest BCUT2D eigenvalue weighted by atomic mass is 35.5. The molecular weight excluding hydrogens is 315 g/mol. The lowest BCUT2D eigenvalue weighted by atomic mass is 9.97. The van der Waals surface area contributed by atoms with E-state index < -0.39 is 5.97 Å². The number of nitrogens with zero attached hydrogens (tertiary/aromatic N) is 1. The van der Waals surface area contributed by atoms with Crippen LogP contribution in [0.2, 0.25) is 5.02 Å². The summed E-state index contributed by atoms with van der Waals surface area (Å²) in [6.07, 6.45) is 1.19. The Morgan fingerprint density at radius 2 is 2.00 bits per heavy atom. The van der Waals surface area contributed by atoms with Crippen LogP contribution in [0.4, 0.5) is 5.69 Å². The van der Waals surface area contributed by atoms with Gasteiger partial charge in [-0.05, 0) is 44.1 Å². The third-order valence-electron chi connectivity index (χ3n) is 3.41. The van der Waals surface area contributed by atoms with Gasteiger partial charge in [0.1, 0.15) is 0 Å². The Kier molecular flexibility index (Phi) is 6.95. The standard InChI is InChI=1S/C14H17ClN2O3.ClH/c15-11-2-1-3-12(8-11)16-13(18)9-17-6-4-10(5-7-17)14(19)20;/h1-3,8,10H,4-7,9H2,(H,16,18)(H,19,20);1H. The van der Waals surface area contributed by atoms with Crippen molar-refractivity contribution in [1.29, 1.82) is 0 Å². The minimum atomic E-state index is -0.743. The first-order chi connectivity index (χ1) is 9.54. The van der Waals surface area contributed by atoms with Gasteiger partial charge in [-0.1, -0.05) is 17.7 Å². The Bertz CT molecular complexity index is 503. The van der Waals surface area contributed by atoms with Gasteiger partial charge in [-0.15, -0.1) is 12.4 Å². The maximum atomic E-state index is 11.9. The molecule has 0 bridgehead atoms. The molecule has 1 amide bonds. The van der Waals surface area contributed by atoms with Gasteiger partial charge in [0, 0.05) is 10.7 Å². The Morgan fingerprint density at radius 1 is 1.33 bits per heavy atom. The molecule has 0 aliphatic carbocycles. The minimum Gasteiger partial charge on any atom is -0.481 e. The van der Waals surface area contributed by atoms with Crippen molar-refractivity contribution in [3.05, 3.63) is 29.3 Å². The molecule has 0 saturated carbocycles. The first-order valence-electron chi connectivity index (χ1n) is 6.55. The summed E-state index contributed by atoms with van der Waals surface area (Å²) in [7, 11) is 0. The summed E-state index contributed by atoms with van der Waals surface area (Å²) in [5.74, 6) is -1.13. The fourth-order valence-corrected chi connectivity index (χ4v) is 2.50. The van der Waals surface area contributed by atoms with E-state index in [0.717, 1.165) is 0 Å². The van der Waals surface area contributed by atoms with E-state index in [1.165, 1.54) is 0 Å². The van der Waals surface area contributed by atoms with Gasteiger partial charge in [-0.25, -0.2) is 0 Å². The summed E-state index contributed by atoms with van der Waals surface area (Å²) in [4.78, 5) is 24.7. The number of benzene rings is 1. The number of carbonyl (C=O) groups is 2. The van der Waals surface area contributed by atoms with Crippen molar-refractivity contribution in [2.45, 2.75) is 12.8 Å². The molecule has 5 nitrogen and oxygen atoms in total. The van der Waals surface area contributed by atoms with Crippen LogP contribution in [0.1, 0.15) is 12.8 Å². The monoisotopic (exact) mass is 332 g/mol. The molecule has 2 rings (SSSR count). The fraction of sp³-hybridized carbons (Fsp3) is 0.429. The summed E-state index contributed by atoms with van der Waals surface area (Å²) in [6.45, 7) is 1.55. The number of amides is 1. The molecule has 1 aromatic rings. The van der Waals surface area contributed by atoms with Crippen LogP contribution in [0.15, 0.2) is 24.3 Å². The maximum absolute atomic E-state index is 11.9. The van der Waals surface area contributed by atoms with Crippen LogP contribution >= 0.6 is 24.0 Å². The number of carboxylic acid groups (broad SMARTS) is 1. The predicted octanol–water partition coefficient (Wildman–Crippen LogP) is 2.50. The molecule has 1 saturated heterocycles. The van der Waals surface area contributed by atoms with Gasteiger partial charge >= 0.3 is 5.97 Å². The Balaban J connectivity index is 0.00000220. The number of halogens is 2. The summed E-state index contributed by atoms with van der Waals surface area (Å²) in [5, 5.41) is 12.3. The molecular formula is C14H18Cl2N2O3. The van der Waals surface area contributed by atoms with Crippen molar-refractivity contribution in [1.82, 2.24) is 4.90 Å². The molecule has 1 fully saturated rings. The number of anilines is 1. The number of likely N-dealkylation sites (tertiary alicyclic amines) is 1. The lowest BCUT2D eigenvalue weighted by molar-refractivity contribution is -0.143. The van der Waals surface area contributed by atoms with Crippen LogP contribution in [0.25, 0.3) is 0 Å². The molecule has 2 N–H and O–H groups in total. The molecule has 21 heavy (non-hydrogen) atoms. The molecule has 0 atom stereocenters. The Morgan fingerprint density at radius 3 is 2.57 bits per heavy atom. The SMILES string of the molecule is Cl.O=C(CN1CCC(C(=O)O)CC1)Nc1cccc(Cl)c1. The van der Waals surface area contributed by atoms with Crippen LogP contribution in [-0.2, 0) is 9.59 Å². The van der Waals surface area contributed by atoms with Gasteiger partial charge in [0.2, 0.25) is 5.91 Å². The highest BCUT2D eigenvalue weighted by Crippen LogP contribution is 2.18. The Hall–Kier alpha value is -1.30. The van der Waals surface area contributed by atoms with Crippen LogP contribution in [0.5, 0.6) is 0 Å². The number of nitrogens with one attached hydrogen (secondary N) is 1. The second kappa shape index (κ2) is 8.22. The predicted molar refractivity (Wildman–Crippen MR) is 84.1 cm³/mol. The van der Waals surface area contributed by atoms with Crippen LogP contribution in [0.3, 0.4) is 0 Å². The van der Waals surface area contributed by atoms with E-state index in [2.05, 4.69) is 5.32 Å². The van der Waals surface area contributed by atoms with Crippen LogP contribution < -0.4 is 5.32 Å². The van der Waals surface area contributed by atoms with E-state index in [1.54, 1.807) is 24.3 Å². The molecule has 0 spiro atoms. The van der Waals surface area contributed by atoms with Gasteiger partial charge in [-0.3, -0.25) is 14.5 Å². The number of rotatable bonds is 4. The van der Waals surface area contributed by atoms with Gasteiger partial charge in [0.25, 0.3) is 0 Å². The molecule has 7 heteroatoms. The summed E-state index contributed by atoms with van der Waals surface area (Å²) >= 11 is 5.85. The molecule has 1 aliphatic heterocycles. The number of hydrogen-bond acceptors (Lipinski definition) is 3. The number of carboxylic acids is 1. The van der Waals surface area contributed by atoms with Crippen LogP contribution in [-0.4, -0.2) is 41.5 Å². The zero-order valence-electron chi connectivity index (χ0n) is 11.4. The topological polar surface area (TPSA) is 69.6 Å². The quantitative estimate of drug-likeness (QED) is 0.888. The summed E-state index contributed by atoms with van der Waals surface area (Å²) in [6, 6.07) is 6.99. The number of aliphatic carboxylic acids is 1. The third kappa shape index (κ3) is 5.53. The van der Waals surface area contributed by atoms with Gasteiger partial charge in [-0.2, -0.15) is 0 Å². The molecule has 1 heterocycles. The molecule has 1 aromatic carbocycles. The molecule has 0 aromatic heterocycles. The first kappa shape index (κ1) is 17.8. The highest BCUT2D eigenvalue weighted by molar-refractivity contribution is 6.30. The third-order valence-corrected chi connectivity index (χ3v) is 3.65. The van der Waals surface area contributed by atoms with E-state index in [0.29, 0.717) is 36.6 Å². The van der Waals surface area contributed by atoms with Crippen molar-refractivity contribution in [2.75, 3.05) is 25.0 Å². The van der Waals surface area contributed by atoms with Crippen molar-refractivity contribution in [3.8, 4) is 0 Å². The van der Waals surface area contributed by atoms with Gasteiger partial charge in [0.05, 0.1) is 12.5 Å². The lowest BCUT2D eigenvalue weighted by Crippen LogP contribution is -2.40. The second-order valence-corrected chi connectivity index (χ2v) is 5.38. The summed E-state index contributed by atoms with van der Waals surface area (Å²) in [5.41, 5.74) is 0.669. The van der Waals surface area contributed by atoms with Crippen LogP contribution in [0, 0.1) is 5.92 Å². The van der Waals surface area contributed by atoms with Gasteiger partial charge in [0.15, 0.2) is 0 Å². The number of carbonyl (C=O) groups excluding carboxylic acids is 1. The first-order valence-corrected chi connectivity index (χ1v) is 6.93. The normalized spacial score (nSPS) is 16.0. The van der Waals surface area contributed by atoms with Crippen molar-refractivity contribution in [3.63, 3.8) is 0 Å². The minimum absolute atomic E-state index is 0. The second-order valence-electron chi connectivity index (χ2n) is 4.95. The average molecular weight is 333 g/mol. The van der Waals surface area contributed by atoms with Crippen molar-refractivity contribution < 1.29 is 14.7 Å². The number of piperidine rings is 1. The molecule has 116 valence electrons. The molecule has 0 unspecified atom stereocenters. The fourth-order valence-electron chi connectivity index (χ4n) is 2.31. The Labute approximate surface area is 134 Å².